The van der Waals surface area contributed by atoms with Gasteiger partial charge in [-0.2, -0.15) is 0 Å². The molecule has 0 N–H and O–H groups in total. The molecule has 0 bridgehead atoms. The number of aromatic nitrogens is 4. The van der Waals surface area contributed by atoms with E-state index in [1.54, 1.807) is 0 Å². The SMILES string of the molecule is Cc1noc(C)c1-c1ccc2nc(N3CCC(N(C=O)C4(C)CC4)CC3)n3c2c1OC[C@@H]3c1ccccn1. The Balaban J connectivity index is 1.32. The molecule has 3 aromatic heterocycles. The van der Waals surface area contributed by atoms with Crippen LogP contribution in [-0.2, 0) is 4.79 Å². The van der Waals surface area contributed by atoms with Crippen LogP contribution < -0.4 is 9.64 Å². The summed E-state index contributed by atoms with van der Waals surface area (Å²) in [6.45, 7) is 8.24. The fraction of sp³-hybridized carbons (Fsp3) is 0.448. The minimum absolute atomic E-state index is 0.0491. The van der Waals surface area contributed by atoms with Gasteiger partial charge in [0.1, 0.15) is 23.9 Å². The molecule has 196 valence electrons. The second-order valence-electron chi connectivity index (χ2n) is 11.1. The van der Waals surface area contributed by atoms with E-state index in [4.69, 9.17) is 19.2 Å². The molecule has 0 unspecified atom stereocenters. The van der Waals surface area contributed by atoms with Crippen LogP contribution in [0.1, 0.15) is 55.8 Å². The molecule has 2 fully saturated rings. The van der Waals surface area contributed by atoms with Gasteiger partial charge in [-0.1, -0.05) is 11.2 Å². The van der Waals surface area contributed by atoms with Gasteiger partial charge in [0.15, 0.2) is 5.75 Å². The second-order valence-corrected chi connectivity index (χ2v) is 11.1. The van der Waals surface area contributed by atoms with Gasteiger partial charge in [-0.15, -0.1) is 0 Å². The number of ether oxygens (including phenoxy) is 1. The normalized spacial score (nSPS) is 20.4. The van der Waals surface area contributed by atoms with E-state index < -0.39 is 0 Å². The first-order valence-corrected chi connectivity index (χ1v) is 13.5. The summed E-state index contributed by atoms with van der Waals surface area (Å²) in [5.41, 5.74) is 5.65. The van der Waals surface area contributed by atoms with Gasteiger partial charge in [0.05, 0.1) is 22.5 Å². The number of benzene rings is 1. The number of hydrogen-bond acceptors (Lipinski definition) is 7. The lowest BCUT2D eigenvalue weighted by molar-refractivity contribution is -0.123. The number of rotatable bonds is 6. The summed E-state index contributed by atoms with van der Waals surface area (Å²) < 4.78 is 14.3. The van der Waals surface area contributed by atoms with Crippen LogP contribution in [0.4, 0.5) is 5.95 Å². The van der Waals surface area contributed by atoms with E-state index in [0.29, 0.717) is 6.61 Å². The van der Waals surface area contributed by atoms with Crippen LogP contribution in [0.2, 0.25) is 0 Å². The molecule has 4 aromatic rings. The van der Waals surface area contributed by atoms with Crippen molar-refractivity contribution < 1.29 is 14.1 Å². The van der Waals surface area contributed by atoms with E-state index in [9.17, 15) is 4.79 Å². The Morgan fingerprint density at radius 3 is 2.61 bits per heavy atom. The first-order chi connectivity index (χ1) is 18.5. The minimum Gasteiger partial charge on any atom is -0.488 e. The average molecular weight is 513 g/mol. The highest BCUT2D eigenvalue weighted by molar-refractivity contribution is 5.94. The summed E-state index contributed by atoms with van der Waals surface area (Å²) in [5, 5.41) is 4.18. The van der Waals surface area contributed by atoms with Crippen molar-refractivity contribution in [2.75, 3.05) is 24.6 Å². The predicted molar refractivity (Wildman–Crippen MR) is 143 cm³/mol. The lowest BCUT2D eigenvalue weighted by Crippen LogP contribution is -2.49. The Morgan fingerprint density at radius 2 is 1.95 bits per heavy atom. The van der Waals surface area contributed by atoms with Crippen LogP contribution in [0.15, 0.2) is 41.1 Å². The second kappa shape index (κ2) is 8.58. The van der Waals surface area contributed by atoms with E-state index in [2.05, 4.69) is 44.6 Å². The first kappa shape index (κ1) is 23.3. The number of amides is 1. The molecule has 1 saturated carbocycles. The summed E-state index contributed by atoms with van der Waals surface area (Å²) >= 11 is 0. The van der Waals surface area contributed by atoms with Gasteiger partial charge in [-0.05, 0) is 70.7 Å². The van der Waals surface area contributed by atoms with Crippen molar-refractivity contribution in [3.63, 3.8) is 0 Å². The standard InChI is InChI=1S/C29H32N6O3/c1-18-25(19(2)38-32-18)21-7-8-23-26-27(21)37-16-24(22-6-4-5-13-30-22)35(26)28(31-23)33-14-9-20(10-15-33)34(17-36)29(3)11-12-29/h4-8,13,17,20,24H,9-12,14-16H2,1-3H3/t24-/m1/s1. The third kappa shape index (κ3) is 3.51. The summed E-state index contributed by atoms with van der Waals surface area (Å²) in [4.78, 5) is 26.2. The smallest absolute Gasteiger partial charge is 0.210 e. The van der Waals surface area contributed by atoms with Crippen LogP contribution in [0, 0.1) is 13.8 Å². The van der Waals surface area contributed by atoms with Crippen molar-refractivity contribution in [2.45, 2.75) is 64.1 Å². The molecule has 1 amide bonds. The molecular weight excluding hydrogens is 480 g/mol. The van der Waals surface area contributed by atoms with Crippen molar-refractivity contribution in [3.05, 3.63) is 53.7 Å². The first-order valence-electron chi connectivity index (χ1n) is 13.5. The summed E-state index contributed by atoms with van der Waals surface area (Å²) in [6, 6.07) is 10.3. The van der Waals surface area contributed by atoms with Gasteiger partial charge >= 0.3 is 0 Å². The third-order valence-corrected chi connectivity index (χ3v) is 8.67. The maximum atomic E-state index is 11.9. The fourth-order valence-electron chi connectivity index (χ4n) is 6.34. The molecule has 38 heavy (non-hydrogen) atoms. The summed E-state index contributed by atoms with van der Waals surface area (Å²) in [6.07, 6.45) is 6.96. The number of hydrogen-bond donors (Lipinski definition) is 0. The lowest BCUT2D eigenvalue weighted by Gasteiger charge is -2.40. The molecule has 0 spiro atoms. The largest absolute Gasteiger partial charge is 0.488 e. The number of anilines is 1. The topological polar surface area (TPSA) is 89.5 Å². The van der Waals surface area contributed by atoms with Gasteiger partial charge in [0, 0.05) is 36.4 Å². The van der Waals surface area contributed by atoms with E-state index in [1.165, 1.54) is 0 Å². The fourth-order valence-corrected chi connectivity index (χ4v) is 6.34. The van der Waals surface area contributed by atoms with Gasteiger partial charge in [0.25, 0.3) is 0 Å². The van der Waals surface area contributed by atoms with Crippen molar-refractivity contribution in [3.8, 4) is 16.9 Å². The van der Waals surface area contributed by atoms with Crippen molar-refractivity contribution >= 4 is 23.4 Å². The molecule has 1 atom stereocenters. The molecular formula is C29H32N6O3. The zero-order chi connectivity index (χ0) is 26.0. The summed E-state index contributed by atoms with van der Waals surface area (Å²) in [7, 11) is 0. The van der Waals surface area contributed by atoms with Crippen LogP contribution in [-0.4, -0.2) is 62.3 Å². The number of pyridine rings is 1. The maximum Gasteiger partial charge on any atom is 0.210 e. The van der Waals surface area contributed by atoms with Gasteiger partial charge in [0.2, 0.25) is 12.4 Å². The molecule has 9 nitrogen and oxygen atoms in total. The van der Waals surface area contributed by atoms with Gasteiger partial charge < -0.3 is 19.1 Å². The molecule has 0 radical (unpaired) electrons. The number of aryl methyl sites for hydroxylation is 2. The van der Waals surface area contributed by atoms with E-state index in [1.807, 2.05) is 32.2 Å². The molecule has 2 aliphatic heterocycles. The maximum absolute atomic E-state index is 11.9. The Labute approximate surface area is 221 Å². The zero-order valence-electron chi connectivity index (χ0n) is 22.1. The highest BCUT2D eigenvalue weighted by Gasteiger charge is 2.46. The summed E-state index contributed by atoms with van der Waals surface area (Å²) in [5.74, 6) is 2.52. The number of nitrogens with zero attached hydrogens (tertiary/aromatic N) is 6. The van der Waals surface area contributed by atoms with Crippen LogP contribution in [0.25, 0.3) is 22.2 Å². The van der Waals surface area contributed by atoms with E-state index in [-0.39, 0.29) is 17.6 Å². The number of carbonyl (C=O) groups excluding carboxylic acids is 1. The molecule has 5 heterocycles. The number of carbonyl (C=O) groups is 1. The Bertz CT molecular complexity index is 1490. The number of piperidine rings is 1. The molecule has 1 aromatic carbocycles. The molecule has 3 aliphatic rings. The zero-order valence-corrected chi connectivity index (χ0v) is 22.1. The molecule has 1 aliphatic carbocycles. The Kier molecular flexibility index (Phi) is 5.25. The molecule has 1 saturated heterocycles. The molecule has 7 rings (SSSR count). The minimum atomic E-state index is -0.0989. The van der Waals surface area contributed by atoms with Crippen LogP contribution in [0.3, 0.4) is 0 Å². The van der Waals surface area contributed by atoms with E-state index in [0.717, 1.165) is 96.2 Å². The van der Waals surface area contributed by atoms with Crippen molar-refractivity contribution in [1.29, 1.82) is 0 Å². The average Bonchev–Trinajstić information content (AvgIpc) is 3.43. The van der Waals surface area contributed by atoms with E-state index >= 15 is 0 Å². The number of imidazole rings is 1. The third-order valence-electron chi connectivity index (χ3n) is 8.67. The van der Waals surface area contributed by atoms with Crippen molar-refractivity contribution in [2.24, 2.45) is 0 Å². The van der Waals surface area contributed by atoms with Crippen LogP contribution in [0.5, 0.6) is 5.75 Å². The van der Waals surface area contributed by atoms with Crippen LogP contribution >= 0.6 is 0 Å². The highest BCUT2D eigenvalue weighted by Crippen LogP contribution is 2.47. The Morgan fingerprint density at radius 1 is 1.13 bits per heavy atom. The highest BCUT2D eigenvalue weighted by atomic mass is 16.5. The monoisotopic (exact) mass is 512 g/mol. The van der Waals surface area contributed by atoms with Gasteiger partial charge in [-0.25, -0.2) is 4.98 Å². The van der Waals surface area contributed by atoms with Gasteiger partial charge in [-0.3, -0.25) is 14.3 Å². The predicted octanol–water partition coefficient (Wildman–Crippen LogP) is 4.66. The quantitative estimate of drug-likeness (QED) is 0.347. The lowest BCUT2D eigenvalue weighted by atomic mass is 10.0. The Hall–Kier alpha value is -3.88. The van der Waals surface area contributed by atoms with Crippen molar-refractivity contribution in [1.82, 2.24) is 24.6 Å². The molecule has 9 heteroatoms.